The average molecular weight is 296 g/mol. The molecule has 2 unspecified atom stereocenters. The first-order valence-corrected chi connectivity index (χ1v) is 8.32. The van der Waals surface area contributed by atoms with E-state index in [0.717, 1.165) is 58.0 Å². The van der Waals surface area contributed by atoms with Crippen LogP contribution >= 0.6 is 0 Å². The van der Waals surface area contributed by atoms with Gasteiger partial charge in [-0.1, -0.05) is 19.8 Å². The van der Waals surface area contributed by atoms with E-state index in [4.69, 9.17) is 5.11 Å². The Bertz CT molecular complexity index is 372. The summed E-state index contributed by atoms with van der Waals surface area (Å²) in [5, 5.41) is 15.6. The molecule has 2 atom stereocenters. The standard InChI is InChI=1S/C16H28N2O3/c1-2-6-16(7-9-17-10-8-16)15(21)18-13-5-3-4-12(11-13)14(19)20/h12-13,17H,2-11H2,1H3,(H,18,21)(H,19,20). The average Bonchev–Trinajstić information content (AvgIpc) is 2.48. The number of hydrogen-bond donors (Lipinski definition) is 3. The number of hydrogen-bond acceptors (Lipinski definition) is 3. The molecule has 21 heavy (non-hydrogen) atoms. The van der Waals surface area contributed by atoms with Crippen molar-refractivity contribution in [2.24, 2.45) is 11.3 Å². The Morgan fingerprint density at radius 2 is 2.00 bits per heavy atom. The van der Waals surface area contributed by atoms with E-state index >= 15 is 0 Å². The first-order chi connectivity index (χ1) is 10.1. The maximum atomic E-state index is 12.8. The van der Waals surface area contributed by atoms with Gasteiger partial charge in [-0.15, -0.1) is 0 Å². The molecule has 120 valence electrons. The number of piperidine rings is 1. The molecule has 1 aliphatic carbocycles. The zero-order chi connectivity index (χ0) is 15.3. The highest BCUT2D eigenvalue weighted by Gasteiger charge is 2.40. The molecule has 2 rings (SSSR count). The van der Waals surface area contributed by atoms with Crippen LogP contribution in [0.25, 0.3) is 0 Å². The monoisotopic (exact) mass is 296 g/mol. The van der Waals surface area contributed by atoms with Crippen molar-refractivity contribution in [2.75, 3.05) is 13.1 Å². The van der Waals surface area contributed by atoms with Crippen LogP contribution < -0.4 is 10.6 Å². The minimum atomic E-state index is -0.723. The number of carboxylic acids is 1. The summed E-state index contributed by atoms with van der Waals surface area (Å²) in [7, 11) is 0. The summed E-state index contributed by atoms with van der Waals surface area (Å²) < 4.78 is 0. The van der Waals surface area contributed by atoms with Gasteiger partial charge in [0.05, 0.1) is 11.3 Å². The molecule has 1 saturated carbocycles. The van der Waals surface area contributed by atoms with E-state index in [1.807, 2.05) is 0 Å². The molecule has 0 aromatic carbocycles. The second-order valence-electron chi connectivity index (χ2n) is 6.65. The number of aliphatic carboxylic acids is 1. The van der Waals surface area contributed by atoms with Crippen LogP contribution in [0.15, 0.2) is 0 Å². The first kappa shape index (κ1) is 16.3. The van der Waals surface area contributed by atoms with Crippen LogP contribution in [0.1, 0.15) is 58.3 Å². The summed E-state index contributed by atoms with van der Waals surface area (Å²) in [5.74, 6) is -0.861. The number of amides is 1. The maximum Gasteiger partial charge on any atom is 0.306 e. The minimum Gasteiger partial charge on any atom is -0.481 e. The Balaban J connectivity index is 1.96. The van der Waals surface area contributed by atoms with Crippen molar-refractivity contribution in [1.82, 2.24) is 10.6 Å². The minimum absolute atomic E-state index is 0.0379. The third-order valence-corrected chi connectivity index (χ3v) is 5.13. The molecule has 5 nitrogen and oxygen atoms in total. The Morgan fingerprint density at radius 1 is 1.29 bits per heavy atom. The first-order valence-electron chi connectivity index (χ1n) is 8.32. The zero-order valence-corrected chi connectivity index (χ0v) is 13.0. The lowest BCUT2D eigenvalue weighted by Crippen LogP contribution is -2.51. The molecule has 1 saturated heterocycles. The van der Waals surface area contributed by atoms with Crippen LogP contribution in [-0.2, 0) is 9.59 Å². The lowest BCUT2D eigenvalue weighted by molar-refractivity contribution is -0.144. The molecule has 1 amide bonds. The second-order valence-corrected chi connectivity index (χ2v) is 6.65. The lowest BCUT2D eigenvalue weighted by atomic mass is 9.74. The Labute approximate surface area is 126 Å². The fraction of sp³-hybridized carbons (Fsp3) is 0.875. The number of carbonyl (C=O) groups is 2. The van der Waals surface area contributed by atoms with Gasteiger partial charge in [-0.05, 0) is 51.6 Å². The smallest absolute Gasteiger partial charge is 0.306 e. The van der Waals surface area contributed by atoms with Crippen molar-refractivity contribution < 1.29 is 14.7 Å². The van der Waals surface area contributed by atoms with Crippen molar-refractivity contribution in [2.45, 2.75) is 64.3 Å². The van der Waals surface area contributed by atoms with Gasteiger partial charge >= 0.3 is 5.97 Å². The fourth-order valence-corrected chi connectivity index (χ4v) is 3.86. The van der Waals surface area contributed by atoms with E-state index in [9.17, 15) is 9.59 Å². The Kier molecular flexibility index (Phi) is 5.62. The highest BCUT2D eigenvalue weighted by Crippen LogP contribution is 2.35. The molecule has 1 heterocycles. The number of rotatable bonds is 5. The van der Waals surface area contributed by atoms with Gasteiger partial charge in [0.15, 0.2) is 0 Å². The van der Waals surface area contributed by atoms with Gasteiger partial charge in [-0.3, -0.25) is 9.59 Å². The van der Waals surface area contributed by atoms with Gasteiger partial charge in [0.1, 0.15) is 0 Å². The van der Waals surface area contributed by atoms with Crippen molar-refractivity contribution in [3.63, 3.8) is 0 Å². The van der Waals surface area contributed by atoms with Crippen molar-refractivity contribution in [3.8, 4) is 0 Å². The van der Waals surface area contributed by atoms with Gasteiger partial charge < -0.3 is 15.7 Å². The topological polar surface area (TPSA) is 78.4 Å². The molecule has 1 aliphatic heterocycles. The maximum absolute atomic E-state index is 12.8. The fourth-order valence-electron chi connectivity index (χ4n) is 3.86. The SMILES string of the molecule is CCCC1(C(=O)NC2CCCC(C(=O)O)C2)CCNCC1. The van der Waals surface area contributed by atoms with Gasteiger partial charge in [0.2, 0.25) is 5.91 Å². The predicted octanol–water partition coefficient (Wildman–Crippen LogP) is 1.92. The summed E-state index contributed by atoms with van der Waals surface area (Å²) in [6.07, 6.45) is 6.85. The summed E-state index contributed by atoms with van der Waals surface area (Å²) >= 11 is 0. The number of carbonyl (C=O) groups excluding carboxylic acids is 1. The largest absolute Gasteiger partial charge is 0.481 e. The van der Waals surface area contributed by atoms with Crippen LogP contribution in [0.3, 0.4) is 0 Å². The lowest BCUT2D eigenvalue weighted by Gasteiger charge is -2.38. The van der Waals surface area contributed by atoms with Crippen LogP contribution in [0.2, 0.25) is 0 Å². The molecule has 5 heteroatoms. The highest BCUT2D eigenvalue weighted by molar-refractivity contribution is 5.83. The number of nitrogens with one attached hydrogen (secondary N) is 2. The van der Waals surface area contributed by atoms with E-state index in [1.54, 1.807) is 0 Å². The van der Waals surface area contributed by atoms with E-state index in [0.29, 0.717) is 6.42 Å². The molecular weight excluding hydrogens is 268 g/mol. The summed E-state index contributed by atoms with van der Waals surface area (Å²) in [5.41, 5.74) is -0.240. The molecule has 2 fully saturated rings. The summed E-state index contributed by atoms with van der Waals surface area (Å²) in [6, 6.07) is 0.0379. The van der Waals surface area contributed by atoms with Crippen LogP contribution in [0.5, 0.6) is 0 Å². The molecule has 0 radical (unpaired) electrons. The van der Waals surface area contributed by atoms with E-state index in [2.05, 4.69) is 17.6 Å². The molecule has 0 bridgehead atoms. The van der Waals surface area contributed by atoms with Gasteiger partial charge in [0.25, 0.3) is 0 Å². The van der Waals surface area contributed by atoms with Crippen LogP contribution in [0, 0.1) is 11.3 Å². The van der Waals surface area contributed by atoms with Crippen LogP contribution in [-0.4, -0.2) is 36.1 Å². The molecule has 0 aromatic heterocycles. The van der Waals surface area contributed by atoms with Crippen molar-refractivity contribution >= 4 is 11.9 Å². The molecule has 0 spiro atoms. The number of carboxylic acid groups (broad SMARTS) is 1. The second kappa shape index (κ2) is 7.25. The normalized spacial score (nSPS) is 28.8. The third kappa shape index (κ3) is 3.96. The van der Waals surface area contributed by atoms with Crippen molar-refractivity contribution in [3.05, 3.63) is 0 Å². The van der Waals surface area contributed by atoms with E-state index < -0.39 is 5.97 Å². The quantitative estimate of drug-likeness (QED) is 0.724. The zero-order valence-electron chi connectivity index (χ0n) is 13.0. The molecule has 2 aliphatic rings. The predicted molar refractivity (Wildman–Crippen MR) is 81.0 cm³/mol. The van der Waals surface area contributed by atoms with Gasteiger partial charge in [0, 0.05) is 6.04 Å². The third-order valence-electron chi connectivity index (χ3n) is 5.13. The van der Waals surface area contributed by atoms with Gasteiger partial charge in [-0.25, -0.2) is 0 Å². The Morgan fingerprint density at radius 3 is 2.62 bits per heavy atom. The van der Waals surface area contributed by atoms with Crippen LogP contribution in [0.4, 0.5) is 0 Å². The summed E-state index contributed by atoms with van der Waals surface area (Å²) in [4.78, 5) is 23.9. The van der Waals surface area contributed by atoms with Gasteiger partial charge in [-0.2, -0.15) is 0 Å². The molecule has 3 N–H and O–H groups in total. The summed E-state index contributed by atoms with van der Waals surface area (Å²) in [6.45, 7) is 3.92. The van der Waals surface area contributed by atoms with E-state index in [1.165, 1.54) is 0 Å². The van der Waals surface area contributed by atoms with Crippen molar-refractivity contribution in [1.29, 1.82) is 0 Å². The molecule has 0 aromatic rings. The molecular formula is C16H28N2O3. The Hall–Kier alpha value is -1.10. The van der Waals surface area contributed by atoms with E-state index in [-0.39, 0.29) is 23.3 Å². The highest BCUT2D eigenvalue weighted by atomic mass is 16.4.